The van der Waals surface area contributed by atoms with Crippen LogP contribution < -0.4 is 4.72 Å². The van der Waals surface area contributed by atoms with Gasteiger partial charge < -0.3 is 9.84 Å². The van der Waals surface area contributed by atoms with Gasteiger partial charge in [0.2, 0.25) is 10.0 Å². The third-order valence-corrected chi connectivity index (χ3v) is 3.91. The second-order valence-corrected chi connectivity index (χ2v) is 6.24. The van der Waals surface area contributed by atoms with E-state index in [1.807, 2.05) is 31.2 Å². The van der Waals surface area contributed by atoms with Crippen LogP contribution in [0.25, 0.3) is 0 Å². The molecule has 0 fully saturated rings. The van der Waals surface area contributed by atoms with Gasteiger partial charge in [-0.3, -0.25) is 0 Å². The summed E-state index contributed by atoms with van der Waals surface area (Å²) in [7, 11) is -3.31. The number of aliphatic hydroxyl groups excluding tert-OH is 1. The van der Waals surface area contributed by atoms with Gasteiger partial charge in [-0.2, -0.15) is 0 Å². The summed E-state index contributed by atoms with van der Waals surface area (Å²) < 4.78 is 30.9. The first kappa shape index (κ1) is 17.7. The van der Waals surface area contributed by atoms with E-state index in [1.54, 1.807) is 0 Å². The van der Waals surface area contributed by atoms with Gasteiger partial charge in [0.25, 0.3) is 0 Å². The second-order valence-electron chi connectivity index (χ2n) is 4.31. The lowest BCUT2D eigenvalue weighted by Gasteiger charge is -2.07. The Hall–Kier alpha value is -1.39. The van der Waals surface area contributed by atoms with Gasteiger partial charge in [-0.25, -0.2) is 13.1 Å². The summed E-state index contributed by atoms with van der Waals surface area (Å²) in [5.41, 5.74) is 1.70. The van der Waals surface area contributed by atoms with Crippen LogP contribution in [-0.2, 0) is 21.3 Å². The fraction of sp³-hybridized carbons (Fsp3) is 0.467. The normalized spacial score (nSPS) is 11.0. The molecule has 1 aromatic rings. The van der Waals surface area contributed by atoms with Crippen molar-refractivity contribution < 1.29 is 18.3 Å². The van der Waals surface area contributed by atoms with E-state index in [-0.39, 0.29) is 25.5 Å². The van der Waals surface area contributed by atoms with Crippen molar-refractivity contribution in [1.82, 2.24) is 4.72 Å². The van der Waals surface area contributed by atoms with Crippen LogP contribution in [0.5, 0.6) is 0 Å². The Morgan fingerprint density at radius 2 is 2.00 bits per heavy atom. The molecule has 0 heterocycles. The zero-order chi connectivity index (χ0) is 15.6. The van der Waals surface area contributed by atoms with Crippen LogP contribution in [0.3, 0.4) is 0 Å². The molecule has 5 nitrogen and oxygen atoms in total. The number of aliphatic hydroxyl groups is 1. The first-order chi connectivity index (χ1) is 10.1. The lowest BCUT2D eigenvalue weighted by molar-refractivity contribution is 0.163. The quantitative estimate of drug-likeness (QED) is 0.552. The minimum absolute atomic E-state index is 0.0362. The van der Waals surface area contributed by atoms with E-state index in [4.69, 9.17) is 9.84 Å². The Morgan fingerprint density at radius 3 is 2.62 bits per heavy atom. The molecular formula is C15H21NO4S. The number of nitrogens with one attached hydrogen (secondary N) is 1. The van der Waals surface area contributed by atoms with Gasteiger partial charge in [0.1, 0.15) is 0 Å². The Labute approximate surface area is 126 Å². The fourth-order valence-corrected chi connectivity index (χ4v) is 2.37. The number of hydrogen-bond acceptors (Lipinski definition) is 4. The molecule has 0 spiro atoms. The zero-order valence-corrected chi connectivity index (χ0v) is 12.9. The van der Waals surface area contributed by atoms with Crippen molar-refractivity contribution in [1.29, 1.82) is 0 Å². The average molecular weight is 311 g/mol. The molecule has 116 valence electrons. The van der Waals surface area contributed by atoms with Crippen molar-refractivity contribution in [2.45, 2.75) is 19.9 Å². The second kappa shape index (κ2) is 9.53. The molecule has 6 heteroatoms. The molecule has 2 N–H and O–H groups in total. The average Bonchev–Trinajstić information content (AvgIpc) is 2.47. The lowest BCUT2D eigenvalue weighted by Crippen LogP contribution is -2.28. The van der Waals surface area contributed by atoms with Crippen molar-refractivity contribution in [3.05, 3.63) is 35.4 Å². The van der Waals surface area contributed by atoms with Gasteiger partial charge in [0, 0.05) is 25.1 Å². The van der Waals surface area contributed by atoms with Crippen molar-refractivity contribution in [3.63, 3.8) is 0 Å². The molecule has 0 amide bonds. The predicted molar refractivity (Wildman–Crippen MR) is 82.1 cm³/mol. The summed E-state index contributed by atoms with van der Waals surface area (Å²) in [4.78, 5) is 0. The van der Waals surface area contributed by atoms with Crippen LogP contribution in [0.15, 0.2) is 24.3 Å². The summed E-state index contributed by atoms with van der Waals surface area (Å²) in [5, 5.41) is 8.64. The largest absolute Gasteiger partial charge is 0.395 e. The molecule has 0 aliphatic heterocycles. The molecule has 0 bridgehead atoms. The van der Waals surface area contributed by atoms with E-state index >= 15 is 0 Å². The molecule has 0 aliphatic carbocycles. The van der Waals surface area contributed by atoms with Crippen LogP contribution in [0.1, 0.15) is 24.5 Å². The summed E-state index contributed by atoms with van der Waals surface area (Å²) >= 11 is 0. The molecule has 0 aromatic heterocycles. The highest BCUT2D eigenvalue weighted by Crippen LogP contribution is 2.04. The van der Waals surface area contributed by atoms with Crippen LogP contribution in [0, 0.1) is 11.8 Å². The number of rotatable bonds is 8. The third-order valence-electron chi connectivity index (χ3n) is 2.62. The molecule has 0 unspecified atom stereocenters. The van der Waals surface area contributed by atoms with E-state index in [2.05, 4.69) is 16.6 Å². The molecule has 1 aromatic carbocycles. The number of hydrogen-bond donors (Lipinski definition) is 2. The van der Waals surface area contributed by atoms with E-state index in [0.29, 0.717) is 13.0 Å². The Bertz CT molecular complexity index is 570. The summed E-state index contributed by atoms with van der Waals surface area (Å²) in [6.07, 6.45) is 0.446. The van der Waals surface area contributed by atoms with Crippen LogP contribution >= 0.6 is 0 Å². The SMILES string of the molecule is CCOCCS(=O)(=O)NCc1ccc(C#CCCO)cc1. The topological polar surface area (TPSA) is 75.6 Å². The van der Waals surface area contributed by atoms with Crippen LogP contribution in [0.4, 0.5) is 0 Å². The molecule has 1 rings (SSSR count). The summed E-state index contributed by atoms with van der Waals surface area (Å²) in [5.74, 6) is 5.71. The van der Waals surface area contributed by atoms with Gasteiger partial charge in [-0.05, 0) is 24.6 Å². The molecule has 0 radical (unpaired) electrons. The standard InChI is InChI=1S/C15H21NO4S/c1-2-20-11-12-21(18,19)16-13-15-8-6-14(7-9-15)5-3-4-10-17/h6-9,16-17H,2,4,10-13H2,1H3. The molecule has 0 saturated heterocycles. The highest BCUT2D eigenvalue weighted by Gasteiger charge is 2.09. The molecule has 0 atom stereocenters. The zero-order valence-electron chi connectivity index (χ0n) is 12.1. The van der Waals surface area contributed by atoms with Gasteiger partial charge in [0.05, 0.1) is 19.0 Å². The summed E-state index contributed by atoms with van der Waals surface area (Å²) in [6, 6.07) is 7.31. The molecule has 0 saturated carbocycles. The monoisotopic (exact) mass is 311 g/mol. The predicted octanol–water partition coefficient (Wildman–Crippen LogP) is 0.876. The van der Waals surface area contributed by atoms with E-state index in [1.165, 1.54) is 0 Å². The smallest absolute Gasteiger partial charge is 0.214 e. The minimum atomic E-state index is -3.31. The maximum absolute atomic E-state index is 11.7. The molecular weight excluding hydrogens is 290 g/mol. The Kier molecular flexibility index (Phi) is 8.01. The first-order valence-corrected chi connectivity index (χ1v) is 8.46. The highest BCUT2D eigenvalue weighted by molar-refractivity contribution is 7.89. The third kappa shape index (κ3) is 7.83. The number of sulfonamides is 1. The fourth-order valence-electron chi connectivity index (χ4n) is 1.50. The maximum atomic E-state index is 11.7. The van der Waals surface area contributed by atoms with Crippen LogP contribution in [-0.4, -0.2) is 39.1 Å². The first-order valence-electron chi connectivity index (χ1n) is 6.81. The van der Waals surface area contributed by atoms with Gasteiger partial charge >= 0.3 is 0 Å². The van der Waals surface area contributed by atoms with Crippen molar-refractivity contribution in [3.8, 4) is 11.8 Å². The maximum Gasteiger partial charge on any atom is 0.214 e. The van der Waals surface area contributed by atoms with Crippen molar-refractivity contribution >= 4 is 10.0 Å². The highest BCUT2D eigenvalue weighted by atomic mass is 32.2. The van der Waals surface area contributed by atoms with Gasteiger partial charge in [-0.1, -0.05) is 24.0 Å². The van der Waals surface area contributed by atoms with Gasteiger partial charge in [-0.15, -0.1) is 0 Å². The lowest BCUT2D eigenvalue weighted by atomic mass is 10.1. The van der Waals surface area contributed by atoms with E-state index in [9.17, 15) is 8.42 Å². The Morgan fingerprint density at radius 1 is 1.29 bits per heavy atom. The Balaban J connectivity index is 2.47. The number of ether oxygens (including phenoxy) is 1. The van der Waals surface area contributed by atoms with E-state index in [0.717, 1.165) is 11.1 Å². The van der Waals surface area contributed by atoms with Crippen LogP contribution in [0.2, 0.25) is 0 Å². The number of benzene rings is 1. The van der Waals surface area contributed by atoms with Crippen molar-refractivity contribution in [2.75, 3.05) is 25.6 Å². The van der Waals surface area contributed by atoms with Crippen molar-refractivity contribution in [2.24, 2.45) is 0 Å². The summed E-state index contributed by atoms with van der Waals surface area (Å²) in [6.45, 7) is 2.83. The van der Waals surface area contributed by atoms with E-state index < -0.39 is 10.0 Å². The molecule has 21 heavy (non-hydrogen) atoms. The minimum Gasteiger partial charge on any atom is -0.395 e. The molecule has 0 aliphatic rings. The van der Waals surface area contributed by atoms with Gasteiger partial charge in [0.15, 0.2) is 0 Å².